The van der Waals surface area contributed by atoms with Crippen molar-refractivity contribution < 1.29 is 8.42 Å². The van der Waals surface area contributed by atoms with Crippen molar-refractivity contribution in [3.63, 3.8) is 0 Å². The van der Waals surface area contributed by atoms with Crippen LogP contribution in [0, 0.1) is 17.8 Å². The Labute approximate surface area is 118 Å². The van der Waals surface area contributed by atoms with Gasteiger partial charge < -0.3 is 0 Å². The number of nitrogens with one attached hydrogen (secondary N) is 1. The molecule has 2 aliphatic carbocycles. The highest BCUT2D eigenvalue weighted by atomic mass is 32.2. The lowest BCUT2D eigenvalue weighted by atomic mass is 9.78. The highest BCUT2D eigenvalue weighted by molar-refractivity contribution is 7.89. The molecule has 0 heterocycles. The molecule has 0 aromatic heterocycles. The smallest absolute Gasteiger partial charge is 0.212 e. The number of sulfonamides is 1. The average molecular weight is 287 g/mol. The van der Waals surface area contributed by atoms with Gasteiger partial charge in [0, 0.05) is 6.04 Å². The molecule has 2 saturated carbocycles. The summed E-state index contributed by atoms with van der Waals surface area (Å²) in [6.07, 6.45) is 9.28. The monoisotopic (exact) mass is 287 g/mol. The summed E-state index contributed by atoms with van der Waals surface area (Å²) in [5.74, 6) is 1.85. The van der Waals surface area contributed by atoms with Gasteiger partial charge in [0.25, 0.3) is 0 Å². The first-order valence-electron chi connectivity index (χ1n) is 7.98. The van der Waals surface area contributed by atoms with E-state index in [1.165, 1.54) is 25.7 Å². The third kappa shape index (κ3) is 4.45. The van der Waals surface area contributed by atoms with Crippen molar-refractivity contribution in [2.45, 2.75) is 71.3 Å². The Kier molecular flexibility index (Phi) is 5.29. The van der Waals surface area contributed by atoms with Crippen LogP contribution in [0.4, 0.5) is 0 Å². The van der Waals surface area contributed by atoms with Gasteiger partial charge in [-0.05, 0) is 37.0 Å². The summed E-state index contributed by atoms with van der Waals surface area (Å²) in [6.45, 7) is 4.43. The van der Waals surface area contributed by atoms with Gasteiger partial charge >= 0.3 is 0 Å². The molecule has 0 saturated heterocycles. The minimum Gasteiger partial charge on any atom is -0.212 e. The van der Waals surface area contributed by atoms with Gasteiger partial charge in [0.15, 0.2) is 0 Å². The number of hydrogen-bond donors (Lipinski definition) is 1. The van der Waals surface area contributed by atoms with E-state index >= 15 is 0 Å². The molecule has 112 valence electrons. The van der Waals surface area contributed by atoms with Crippen molar-refractivity contribution in [2.75, 3.05) is 5.75 Å². The fourth-order valence-electron chi connectivity index (χ4n) is 3.69. The fourth-order valence-corrected chi connectivity index (χ4v) is 5.54. The van der Waals surface area contributed by atoms with Crippen molar-refractivity contribution in [1.82, 2.24) is 4.72 Å². The summed E-state index contributed by atoms with van der Waals surface area (Å²) < 4.78 is 27.6. The van der Waals surface area contributed by atoms with Crippen LogP contribution in [0.15, 0.2) is 0 Å². The zero-order valence-electron chi connectivity index (χ0n) is 12.4. The second-order valence-corrected chi connectivity index (χ2v) is 8.58. The van der Waals surface area contributed by atoms with E-state index < -0.39 is 10.0 Å². The molecule has 1 N–H and O–H groups in total. The summed E-state index contributed by atoms with van der Waals surface area (Å²) in [5.41, 5.74) is 0. The molecule has 0 aromatic rings. The molecule has 2 rings (SSSR count). The van der Waals surface area contributed by atoms with Gasteiger partial charge in [-0.2, -0.15) is 0 Å². The minimum absolute atomic E-state index is 0.164. The average Bonchev–Trinajstić information content (AvgIpc) is 2.35. The second kappa shape index (κ2) is 6.57. The zero-order chi connectivity index (χ0) is 13.9. The topological polar surface area (TPSA) is 46.2 Å². The van der Waals surface area contributed by atoms with Crippen LogP contribution in [-0.4, -0.2) is 20.2 Å². The molecule has 0 radical (unpaired) electrons. The van der Waals surface area contributed by atoms with Gasteiger partial charge in [-0.25, -0.2) is 13.1 Å². The molecular formula is C15H29NO2S. The lowest BCUT2D eigenvalue weighted by molar-refractivity contribution is 0.226. The third-order valence-electron chi connectivity index (χ3n) is 5.22. The maximum absolute atomic E-state index is 12.3. The zero-order valence-corrected chi connectivity index (χ0v) is 13.2. The first-order chi connectivity index (χ1) is 8.98. The molecule has 3 atom stereocenters. The van der Waals surface area contributed by atoms with Crippen molar-refractivity contribution in [3.05, 3.63) is 0 Å². The Balaban J connectivity index is 1.88. The number of rotatable bonds is 4. The van der Waals surface area contributed by atoms with Gasteiger partial charge in [-0.1, -0.05) is 46.0 Å². The molecule has 4 heteroatoms. The van der Waals surface area contributed by atoms with E-state index in [1.807, 2.05) is 0 Å². The summed E-state index contributed by atoms with van der Waals surface area (Å²) in [5, 5.41) is 0. The number of hydrogen-bond acceptors (Lipinski definition) is 2. The first kappa shape index (κ1) is 15.3. The SMILES string of the molecule is C[C@@H]1[C@H](C)CCC[C@H]1NS(=O)(=O)CC1CCCCC1. The van der Waals surface area contributed by atoms with Gasteiger partial charge in [0.05, 0.1) is 5.75 Å². The van der Waals surface area contributed by atoms with E-state index in [0.717, 1.165) is 25.7 Å². The van der Waals surface area contributed by atoms with E-state index in [1.54, 1.807) is 0 Å². The normalized spacial score (nSPS) is 34.3. The van der Waals surface area contributed by atoms with Crippen molar-refractivity contribution in [1.29, 1.82) is 0 Å². The Morgan fingerprint density at radius 3 is 2.32 bits per heavy atom. The lowest BCUT2D eigenvalue weighted by Gasteiger charge is -2.34. The quantitative estimate of drug-likeness (QED) is 0.862. The van der Waals surface area contributed by atoms with Gasteiger partial charge in [-0.15, -0.1) is 0 Å². The Morgan fingerprint density at radius 1 is 0.947 bits per heavy atom. The molecule has 0 spiro atoms. The molecule has 3 nitrogen and oxygen atoms in total. The summed E-state index contributed by atoms with van der Waals surface area (Å²) >= 11 is 0. The van der Waals surface area contributed by atoms with Crippen molar-refractivity contribution >= 4 is 10.0 Å². The summed E-state index contributed by atoms with van der Waals surface area (Å²) in [6, 6.07) is 0.164. The molecule has 2 fully saturated rings. The van der Waals surface area contributed by atoms with Gasteiger partial charge in [0.1, 0.15) is 0 Å². The fraction of sp³-hybridized carbons (Fsp3) is 1.00. The second-order valence-electron chi connectivity index (χ2n) is 6.78. The van der Waals surface area contributed by atoms with Gasteiger partial charge in [0.2, 0.25) is 10.0 Å². The standard InChI is InChI=1S/C15H29NO2S/c1-12-7-6-10-15(13(12)2)16-19(17,18)11-14-8-4-3-5-9-14/h12-16H,3-11H2,1-2H3/t12-,13-,15-/m1/s1. The first-order valence-corrected chi connectivity index (χ1v) is 9.63. The summed E-state index contributed by atoms with van der Waals surface area (Å²) in [4.78, 5) is 0. The van der Waals surface area contributed by atoms with Gasteiger partial charge in [-0.3, -0.25) is 0 Å². The maximum atomic E-state index is 12.3. The molecule has 0 unspecified atom stereocenters. The Hall–Kier alpha value is -0.0900. The van der Waals surface area contributed by atoms with E-state index in [-0.39, 0.29) is 6.04 Å². The Morgan fingerprint density at radius 2 is 1.63 bits per heavy atom. The highest BCUT2D eigenvalue weighted by Crippen LogP contribution is 2.30. The van der Waals surface area contributed by atoms with Crippen LogP contribution in [0.3, 0.4) is 0 Å². The predicted octanol–water partition coefficient (Wildman–Crippen LogP) is 3.31. The van der Waals surface area contributed by atoms with Crippen LogP contribution in [0.25, 0.3) is 0 Å². The van der Waals surface area contributed by atoms with Crippen LogP contribution < -0.4 is 4.72 Å². The predicted molar refractivity (Wildman–Crippen MR) is 79.5 cm³/mol. The molecule has 19 heavy (non-hydrogen) atoms. The van der Waals surface area contributed by atoms with E-state index in [4.69, 9.17) is 0 Å². The minimum atomic E-state index is -3.09. The third-order valence-corrected chi connectivity index (χ3v) is 6.79. The van der Waals surface area contributed by atoms with E-state index in [2.05, 4.69) is 18.6 Å². The Bertz CT molecular complexity index is 374. The lowest BCUT2D eigenvalue weighted by Crippen LogP contribution is -2.45. The summed E-state index contributed by atoms with van der Waals surface area (Å²) in [7, 11) is -3.09. The molecular weight excluding hydrogens is 258 g/mol. The van der Waals surface area contributed by atoms with E-state index in [9.17, 15) is 8.42 Å². The highest BCUT2D eigenvalue weighted by Gasteiger charge is 2.31. The van der Waals surface area contributed by atoms with Crippen LogP contribution in [0.2, 0.25) is 0 Å². The van der Waals surface area contributed by atoms with Crippen LogP contribution in [0.5, 0.6) is 0 Å². The van der Waals surface area contributed by atoms with Crippen LogP contribution in [0.1, 0.15) is 65.2 Å². The molecule has 2 aliphatic rings. The van der Waals surface area contributed by atoms with Crippen LogP contribution in [-0.2, 0) is 10.0 Å². The van der Waals surface area contributed by atoms with Crippen molar-refractivity contribution in [3.8, 4) is 0 Å². The molecule has 0 aromatic carbocycles. The van der Waals surface area contributed by atoms with Crippen LogP contribution >= 0.6 is 0 Å². The molecule has 0 bridgehead atoms. The molecule has 0 aliphatic heterocycles. The van der Waals surface area contributed by atoms with Crippen molar-refractivity contribution in [2.24, 2.45) is 17.8 Å². The maximum Gasteiger partial charge on any atom is 0.212 e. The van der Waals surface area contributed by atoms with E-state index in [0.29, 0.717) is 23.5 Å². The molecule has 0 amide bonds. The largest absolute Gasteiger partial charge is 0.212 e.